The molecule has 0 aromatic rings. The van der Waals surface area contributed by atoms with E-state index in [0.29, 0.717) is 23.8 Å². The topological polar surface area (TPSA) is 128 Å². The molecule has 0 aromatic carbocycles. The first-order valence-corrected chi connectivity index (χ1v) is 8.26. The molecule has 0 saturated carbocycles. The minimum Gasteiger partial charge on any atom is -0.261 e. The Hall–Kier alpha value is -3.14. The lowest BCUT2D eigenvalue weighted by Crippen LogP contribution is -2.35. The normalized spacial score (nSPS) is 22.6. The highest BCUT2D eigenvalue weighted by atomic mass is 15.5. The van der Waals surface area contributed by atoms with Crippen LogP contribution in [0.5, 0.6) is 0 Å². The maximum Gasteiger partial charge on any atom is 0.227 e. The Morgan fingerprint density at radius 2 is 1.27 bits per heavy atom. The lowest BCUT2D eigenvalue weighted by Gasteiger charge is -2.14. The quantitative estimate of drug-likeness (QED) is 0.284. The van der Waals surface area contributed by atoms with E-state index >= 15 is 0 Å². The van der Waals surface area contributed by atoms with Gasteiger partial charge in [0, 0.05) is 37.4 Å². The second-order valence-electron chi connectivity index (χ2n) is 6.02. The lowest BCUT2D eigenvalue weighted by atomic mass is 10.1. The number of rotatable bonds is 0. The van der Waals surface area contributed by atoms with E-state index in [2.05, 4.69) is 44.7 Å². The van der Waals surface area contributed by atoms with Gasteiger partial charge < -0.3 is 0 Å². The third kappa shape index (κ3) is 5.45. The summed E-state index contributed by atoms with van der Waals surface area (Å²) in [5.74, 6) is 1.87. The number of hydrogen-bond acceptors (Lipinski definition) is 6. The van der Waals surface area contributed by atoms with Crippen molar-refractivity contribution in [3.05, 3.63) is 0 Å². The molecule has 2 atom stereocenters. The molecule has 0 amide bonds. The van der Waals surface area contributed by atoms with E-state index in [9.17, 15) is 0 Å². The highest BCUT2D eigenvalue weighted by Gasteiger charge is 2.23. The van der Waals surface area contributed by atoms with Crippen molar-refractivity contribution >= 4 is 23.3 Å². The zero-order valence-corrected chi connectivity index (χ0v) is 16.1. The highest BCUT2D eigenvalue weighted by Crippen LogP contribution is 2.13. The molecule has 2 unspecified atom stereocenters. The van der Waals surface area contributed by atoms with Gasteiger partial charge in [0.1, 0.15) is 0 Å². The molecule has 2 aliphatic rings. The Morgan fingerprint density at radius 3 is 1.46 bits per heavy atom. The summed E-state index contributed by atoms with van der Waals surface area (Å²) in [6, 6.07) is 0. The van der Waals surface area contributed by atoms with E-state index in [1.54, 1.807) is 24.1 Å². The van der Waals surface area contributed by atoms with Crippen LogP contribution in [0.25, 0.3) is 0 Å². The van der Waals surface area contributed by atoms with Crippen LogP contribution in [0.2, 0.25) is 0 Å². The first-order valence-electron chi connectivity index (χ1n) is 8.26. The number of guanidine groups is 2. The van der Waals surface area contributed by atoms with Crippen molar-refractivity contribution in [3.8, 4) is 12.4 Å². The van der Waals surface area contributed by atoms with Crippen molar-refractivity contribution in [2.24, 2.45) is 32.0 Å². The second-order valence-corrected chi connectivity index (χ2v) is 6.02. The fourth-order valence-corrected chi connectivity index (χ4v) is 2.28. The molecule has 0 aromatic heterocycles. The number of hydrogen-bond donors (Lipinski definition) is 2. The van der Waals surface area contributed by atoms with Gasteiger partial charge in [-0.25, -0.2) is 10.0 Å². The minimum absolute atomic E-state index is 0.428. The first kappa shape index (κ1) is 20.9. The predicted octanol–water partition coefficient (Wildman–Crippen LogP) is 0.741. The summed E-state index contributed by atoms with van der Waals surface area (Å²) in [5, 5.41) is 33.8. The molecular formula is C16H26N10. The first-order chi connectivity index (χ1) is 12.4. The van der Waals surface area contributed by atoms with E-state index in [1.807, 2.05) is 26.2 Å². The summed E-state index contributed by atoms with van der Waals surface area (Å²) >= 11 is 0. The standard InChI is InChI=1S/2C8H13N5/c2*1-6-4-13(12-7(6)2)8(10-3)11-5-9/h2*6H,4H2,1-3H3,(H,10,11). The number of aliphatic imine (C=N–C) groups is 2. The zero-order chi connectivity index (χ0) is 19.7. The van der Waals surface area contributed by atoms with Gasteiger partial charge in [-0.05, 0) is 13.8 Å². The van der Waals surface area contributed by atoms with Crippen molar-refractivity contribution < 1.29 is 0 Å². The van der Waals surface area contributed by atoms with Crippen molar-refractivity contribution in [1.82, 2.24) is 20.7 Å². The van der Waals surface area contributed by atoms with Crippen molar-refractivity contribution in [2.45, 2.75) is 27.7 Å². The molecular weight excluding hydrogens is 332 g/mol. The predicted molar refractivity (Wildman–Crippen MR) is 102 cm³/mol. The van der Waals surface area contributed by atoms with E-state index < -0.39 is 0 Å². The maximum atomic E-state index is 8.44. The van der Waals surface area contributed by atoms with Gasteiger partial charge in [0.25, 0.3) is 0 Å². The monoisotopic (exact) mass is 358 g/mol. The van der Waals surface area contributed by atoms with Crippen LogP contribution in [0.15, 0.2) is 20.2 Å². The fraction of sp³-hybridized carbons (Fsp3) is 0.625. The summed E-state index contributed by atoms with van der Waals surface area (Å²) in [6.45, 7) is 9.71. The molecule has 140 valence electrons. The molecule has 0 radical (unpaired) electrons. The van der Waals surface area contributed by atoms with Gasteiger partial charge in [0.2, 0.25) is 11.9 Å². The Labute approximate surface area is 154 Å². The minimum atomic E-state index is 0.428. The van der Waals surface area contributed by atoms with Crippen molar-refractivity contribution in [3.63, 3.8) is 0 Å². The van der Waals surface area contributed by atoms with Gasteiger partial charge in [-0.15, -0.1) is 0 Å². The lowest BCUT2D eigenvalue weighted by molar-refractivity contribution is 0.444. The van der Waals surface area contributed by atoms with Crippen LogP contribution in [0.1, 0.15) is 27.7 Å². The molecule has 2 heterocycles. The van der Waals surface area contributed by atoms with Crippen LogP contribution in [-0.2, 0) is 0 Å². The van der Waals surface area contributed by atoms with Crippen LogP contribution < -0.4 is 10.6 Å². The van der Waals surface area contributed by atoms with Crippen LogP contribution in [0, 0.1) is 34.7 Å². The number of hydrazone groups is 2. The summed E-state index contributed by atoms with van der Waals surface area (Å²) in [6.07, 6.45) is 3.67. The van der Waals surface area contributed by atoms with Crippen molar-refractivity contribution in [1.29, 1.82) is 10.5 Å². The van der Waals surface area contributed by atoms with E-state index in [0.717, 1.165) is 24.5 Å². The number of nitrogens with one attached hydrogen (secondary N) is 2. The molecule has 26 heavy (non-hydrogen) atoms. The Balaban J connectivity index is 0.000000260. The SMILES string of the molecule is CN=C(NC#N)N1CC(C)C(C)=N1.CN=C(NC#N)N1CC(C)C(C)=N1. The molecule has 2 rings (SSSR count). The molecule has 2 N–H and O–H groups in total. The van der Waals surface area contributed by atoms with Crippen LogP contribution in [-0.4, -0.2) is 60.5 Å². The van der Waals surface area contributed by atoms with Gasteiger partial charge >= 0.3 is 0 Å². The molecule has 0 aliphatic carbocycles. The number of nitrogens with zero attached hydrogens (tertiary/aromatic N) is 8. The van der Waals surface area contributed by atoms with Crippen LogP contribution in [0.3, 0.4) is 0 Å². The molecule has 0 saturated heterocycles. The highest BCUT2D eigenvalue weighted by molar-refractivity contribution is 5.91. The summed E-state index contributed by atoms with van der Waals surface area (Å²) in [4.78, 5) is 7.86. The van der Waals surface area contributed by atoms with Crippen molar-refractivity contribution in [2.75, 3.05) is 27.2 Å². The molecule has 10 heteroatoms. The Kier molecular flexibility index (Phi) is 8.03. The zero-order valence-electron chi connectivity index (χ0n) is 16.1. The van der Waals surface area contributed by atoms with Crippen LogP contribution >= 0.6 is 0 Å². The average Bonchev–Trinajstić information content (AvgIpc) is 3.13. The Morgan fingerprint density at radius 1 is 0.923 bits per heavy atom. The third-order valence-electron chi connectivity index (χ3n) is 4.12. The number of nitriles is 2. The van der Waals surface area contributed by atoms with Gasteiger partial charge in [0.15, 0.2) is 12.4 Å². The third-order valence-corrected chi connectivity index (χ3v) is 4.12. The molecule has 10 nitrogen and oxygen atoms in total. The van der Waals surface area contributed by atoms with Gasteiger partial charge in [-0.1, -0.05) is 13.8 Å². The molecule has 0 spiro atoms. The molecule has 2 aliphatic heterocycles. The smallest absolute Gasteiger partial charge is 0.227 e. The second kappa shape index (κ2) is 9.99. The summed E-state index contributed by atoms with van der Waals surface area (Å²) < 4.78 is 0. The molecule has 0 bridgehead atoms. The van der Waals surface area contributed by atoms with Crippen LogP contribution in [0.4, 0.5) is 0 Å². The summed E-state index contributed by atoms with van der Waals surface area (Å²) in [5.41, 5.74) is 2.14. The summed E-state index contributed by atoms with van der Waals surface area (Å²) in [7, 11) is 3.26. The maximum absolute atomic E-state index is 8.44. The van der Waals surface area contributed by atoms with E-state index in [1.165, 1.54) is 0 Å². The fourth-order valence-electron chi connectivity index (χ4n) is 2.28. The van der Waals surface area contributed by atoms with E-state index in [-0.39, 0.29) is 0 Å². The van der Waals surface area contributed by atoms with Gasteiger partial charge in [0.05, 0.1) is 13.1 Å². The molecule has 0 fully saturated rings. The Bertz CT molecular complexity index is 631. The van der Waals surface area contributed by atoms with Gasteiger partial charge in [-0.3, -0.25) is 20.6 Å². The largest absolute Gasteiger partial charge is 0.261 e. The van der Waals surface area contributed by atoms with E-state index in [4.69, 9.17) is 10.5 Å². The van der Waals surface area contributed by atoms with Gasteiger partial charge in [-0.2, -0.15) is 20.7 Å². The average molecular weight is 358 g/mol.